The highest BCUT2D eigenvalue weighted by Gasteiger charge is 2.38. The molecule has 6 rings (SSSR count). The van der Waals surface area contributed by atoms with Gasteiger partial charge in [-0.2, -0.15) is 0 Å². The van der Waals surface area contributed by atoms with Crippen LogP contribution in [0.25, 0.3) is 32.3 Å². The summed E-state index contributed by atoms with van der Waals surface area (Å²) in [4.78, 5) is 0. The van der Waals surface area contributed by atoms with Crippen molar-refractivity contribution in [1.29, 1.82) is 0 Å². The van der Waals surface area contributed by atoms with Gasteiger partial charge in [0, 0.05) is 0 Å². The van der Waals surface area contributed by atoms with Crippen molar-refractivity contribution in [3.63, 3.8) is 0 Å². The lowest BCUT2D eigenvalue weighted by atomic mass is 9.62. The molecule has 2 aliphatic carbocycles. The molecule has 2 aliphatic rings. The molecule has 0 heteroatoms. The Bertz CT molecular complexity index is 1440. The van der Waals surface area contributed by atoms with Crippen LogP contribution in [0.2, 0.25) is 0 Å². The molecule has 0 amide bonds. The summed E-state index contributed by atoms with van der Waals surface area (Å²) in [5.41, 5.74) is 3.46. The number of hydrogen-bond acceptors (Lipinski definition) is 0. The van der Waals surface area contributed by atoms with Crippen molar-refractivity contribution in [2.45, 2.75) is 91.9 Å². The molecule has 0 nitrogen and oxygen atoms in total. The van der Waals surface area contributed by atoms with E-state index in [-0.39, 0.29) is 0 Å². The fourth-order valence-corrected chi connectivity index (χ4v) is 8.70. The summed E-state index contributed by atoms with van der Waals surface area (Å²) >= 11 is 0. The molecular weight excluding hydrogens is 456 g/mol. The molecule has 0 heterocycles. The normalized spacial score (nSPS) is 28.6. The van der Waals surface area contributed by atoms with E-state index in [2.05, 4.69) is 102 Å². The molecular formula is C38H48. The van der Waals surface area contributed by atoms with Crippen LogP contribution in [0.5, 0.6) is 0 Å². The Morgan fingerprint density at radius 3 is 1.79 bits per heavy atom. The second-order valence-electron chi connectivity index (χ2n) is 14.0. The van der Waals surface area contributed by atoms with Gasteiger partial charge in [0.25, 0.3) is 0 Å². The molecule has 2 fully saturated rings. The molecule has 6 atom stereocenters. The molecule has 200 valence electrons. The highest BCUT2D eigenvalue weighted by molar-refractivity contribution is 6.13. The van der Waals surface area contributed by atoms with Gasteiger partial charge < -0.3 is 0 Å². The molecule has 0 aliphatic heterocycles. The maximum atomic E-state index is 2.60. The van der Waals surface area contributed by atoms with E-state index in [1.165, 1.54) is 65.5 Å². The average molecular weight is 505 g/mol. The van der Waals surface area contributed by atoms with Gasteiger partial charge in [0.15, 0.2) is 0 Å². The number of benzene rings is 4. The first kappa shape index (κ1) is 25.9. The van der Waals surface area contributed by atoms with Crippen molar-refractivity contribution < 1.29 is 0 Å². The molecule has 0 spiro atoms. The number of rotatable bonds is 4. The molecule has 6 unspecified atom stereocenters. The lowest BCUT2D eigenvalue weighted by Crippen LogP contribution is -2.30. The Labute approximate surface area is 231 Å². The molecule has 38 heavy (non-hydrogen) atoms. The van der Waals surface area contributed by atoms with E-state index in [0.29, 0.717) is 11.8 Å². The summed E-state index contributed by atoms with van der Waals surface area (Å²) in [5.74, 6) is 5.97. The van der Waals surface area contributed by atoms with Gasteiger partial charge in [-0.15, -0.1) is 0 Å². The van der Waals surface area contributed by atoms with Crippen molar-refractivity contribution in [2.75, 3.05) is 0 Å². The van der Waals surface area contributed by atoms with Crippen LogP contribution >= 0.6 is 0 Å². The fourth-order valence-electron chi connectivity index (χ4n) is 8.70. The summed E-state index contributed by atoms with van der Waals surface area (Å²) in [6, 6.07) is 23.8. The minimum atomic E-state index is 0.652. The van der Waals surface area contributed by atoms with Crippen LogP contribution in [-0.2, 0) is 0 Å². The minimum absolute atomic E-state index is 0.652. The maximum absolute atomic E-state index is 2.60. The lowest BCUT2D eigenvalue weighted by molar-refractivity contribution is 0.184. The molecule has 2 saturated carbocycles. The van der Waals surface area contributed by atoms with Gasteiger partial charge in [-0.25, -0.2) is 0 Å². The zero-order chi connectivity index (χ0) is 26.6. The molecule has 0 bridgehead atoms. The SMILES string of the molecule is CC1CCC(C(C)C)C(c2ccc3ccc4cc5ccccc5cc4c3c2C2CC(C)CCC2C(C)C)C1. The first-order valence-electron chi connectivity index (χ1n) is 15.7. The van der Waals surface area contributed by atoms with Gasteiger partial charge in [-0.05, 0) is 129 Å². The Balaban J connectivity index is 1.69. The lowest BCUT2D eigenvalue weighted by Gasteiger charge is -2.43. The number of hydrogen-bond donors (Lipinski definition) is 0. The largest absolute Gasteiger partial charge is 0.0625 e. The monoisotopic (exact) mass is 504 g/mol. The summed E-state index contributed by atoms with van der Waals surface area (Å²) in [6.45, 7) is 15.0. The summed E-state index contributed by atoms with van der Waals surface area (Å²) < 4.78 is 0. The van der Waals surface area contributed by atoms with Gasteiger partial charge in [0.05, 0.1) is 0 Å². The minimum Gasteiger partial charge on any atom is -0.0625 e. The van der Waals surface area contributed by atoms with Gasteiger partial charge in [-0.1, -0.05) is 103 Å². The van der Waals surface area contributed by atoms with Crippen LogP contribution in [0.1, 0.15) is 103 Å². The van der Waals surface area contributed by atoms with Crippen molar-refractivity contribution >= 4 is 32.3 Å². The van der Waals surface area contributed by atoms with Gasteiger partial charge in [-0.3, -0.25) is 0 Å². The smallest absolute Gasteiger partial charge is 0.00673 e. The quantitative estimate of drug-likeness (QED) is 0.191. The maximum Gasteiger partial charge on any atom is -0.00673 e. The first-order chi connectivity index (χ1) is 18.3. The van der Waals surface area contributed by atoms with E-state index in [4.69, 9.17) is 0 Å². The average Bonchev–Trinajstić information content (AvgIpc) is 2.90. The summed E-state index contributed by atoms with van der Waals surface area (Å²) in [6.07, 6.45) is 8.24. The van der Waals surface area contributed by atoms with E-state index in [0.717, 1.165) is 35.5 Å². The van der Waals surface area contributed by atoms with Crippen LogP contribution < -0.4 is 0 Å². The third-order valence-electron chi connectivity index (χ3n) is 10.8. The third kappa shape index (κ3) is 4.57. The second-order valence-corrected chi connectivity index (χ2v) is 14.0. The van der Waals surface area contributed by atoms with Crippen LogP contribution in [0.4, 0.5) is 0 Å². The summed E-state index contributed by atoms with van der Waals surface area (Å²) in [7, 11) is 0. The Morgan fingerprint density at radius 1 is 0.579 bits per heavy atom. The predicted octanol–water partition coefficient (Wildman–Crippen LogP) is 11.5. The zero-order valence-corrected chi connectivity index (χ0v) is 24.6. The fraction of sp³-hybridized carbons (Fsp3) is 0.526. The van der Waals surface area contributed by atoms with Crippen molar-refractivity contribution in [3.05, 3.63) is 71.8 Å². The second kappa shape index (κ2) is 10.3. The van der Waals surface area contributed by atoms with Gasteiger partial charge in [0.1, 0.15) is 0 Å². The van der Waals surface area contributed by atoms with Crippen LogP contribution in [0, 0.1) is 35.5 Å². The van der Waals surface area contributed by atoms with E-state index < -0.39 is 0 Å². The van der Waals surface area contributed by atoms with Crippen molar-refractivity contribution in [3.8, 4) is 0 Å². The highest BCUT2D eigenvalue weighted by atomic mass is 14.4. The van der Waals surface area contributed by atoms with Crippen LogP contribution in [0.3, 0.4) is 0 Å². The Kier molecular flexibility index (Phi) is 7.04. The predicted molar refractivity (Wildman–Crippen MR) is 167 cm³/mol. The van der Waals surface area contributed by atoms with Crippen LogP contribution in [-0.4, -0.2) is 0 Å². The topological polar surface area (TPSA) is 0 Å². The third-order valence-corrected chi connectivity index (χ3v) is 10.8. The van der Waals surface area contributed by atoms with Gasteiger partial charge in [0.2, 0.25) is 0 Å². The molecule has 0 radical (unpaired) electrons. The summed E-state index contributed by atoms with van der Waals surface area (Å²) in [5, 5.41) is 8.62. The molecule has 0 aromatic heterocycles. The first-order valence-corrected chi connectivity index (χ1v) is 15.7. The van der Waals surface area contributed by atoms with E-state index >= 15 is 0 Å². The van der Waals surface area contributed by atoms with Gasteiger partial charge >= 0.3 is 0 Å². The van der Waals surface area contributed by atoms with Crippen molar-refractivity contribution in [1.82, 2.24) is 0 Å². The Hall–Kier alpha value is -2.34. The molecule has 4 aromatic rings. The Morgan fingerprint density at radius 2 is 1.13 bits per heavy atom. The number of fused-ring (bicyclic) bond motifs is 4. The molecule has 4 aromatic carbocycles. The van der Waals surface area contributed by atoms with Crippen LogP contribution in [0.15, 0.2) is 60.7 Å². The standard InChI is InChI=1S/C38H48/c1-23(2)31-16-11-25(5)19-35(31)33-18-15-27-13-14-30-21-28-9-7-8-10-29(28)22-34(30)37(27)38(33)36-20-26(6)12-17-32(36)24(3)4/h7-10,13-15,18,21-26,31-32,35-36H,11-12,16-17,19-20H2,1-6H3. The molecule has 0 saturated heterocycles. The van der Waals surface area contributed by atoms with E-state index in [1.807, 2.05) is 0 Å². The van der Waals surface area contributed by atoms with E-state index in [1.54, 1.807) is 16.5 Å². The molecule has 0 N–H and O–H groups in total. The van der Waals surface area contributed by atoms with Crippen molar-refractivity contribution in [2.24, 2.45) is 35.5 Å². The highest BCUT2D eigenvalue weighted by Crippen LogP contribution is 2.53. The zero-order valence-electron chi connectivity index (χ0n) is 24.6. The van der Waals surface area contributed by atoms with E-state index in [9.17, 15) is 0 Å².